The number of ether oxygens (including phenoxy) is 1. The summed E-state index contributed by atoms with van der Waals surface area (Å²) in [7, 11) is 4.12. The number of aliphatic hydroxyl groups is 1. The van der Waals surface area contributed by atoms with Crippen LogP contribution in [0.4, 0.5) is 0 Å². The number of benzene rings is 2. The molecule has 8 heteroatoms. The molecule has 1 unspecified atom stereocenters. The van der Waals surface area contributed by atoms with Gasteiger partial charge in [-0.05, 0) is 61.1 Å². The van der Waals surface area contributed by atoms with E-state index in [1.54, 1.807) is 11.3 Å². The summed E-state index contributed by atoms with van der Waals surface area (Å²) in [5.41, 5.74) is 7.65. The van der Waals surface area contributed by atoms with Gasteiger partial charge in [0.1, 0.15) is 24.2 Å². The average Bonchev–Trinajstić information content (AvgIpc) is 3.51. The van der Waals surface area contributed by atoms with Crippen molar-refractivity contribution in [3.05, 3.63) is 77.4 Å². The molecule has 1 saturated carbocycles. The number of likely N-dealkylation sites (N-methyl/N-ethyl adjacent to an activating group) is 1. The van der Waals surface area contributed by atoms with Crippen LogP contribution >= 0.6 is 11.3 Å². The fourth-order valence-corrected chi connectivity index (χ4v) is 7.15. The van der Waals surface area contributed by atoms with Gasteiger partial charge in [-0.15, -0.1) is 11.3 Å². The van der Waals surface area contributed by atoms with Crippen LogP contribution in [0.5, 0.6) is 5.88 Å². The predicted molar refractivity (Wildman–Crippen MR) is 169 cm³/mol. The Labute approximate surface area is 253 Å². The molecule has 3 N–H and O–H groups in total. The number of hydrogen-bond donors (Lipinski definition) is 2. The van der Waals surface area contributed by atoms with Crippen LogP contribution in [0.1, 0.15) is 50.3 Å². The molecule has 1 amide bonds. The molecule has 0 radical (unpaired) electrons. The predicted octanol–water partition coefficient (Wildman–Crippen LogP) is 5.78. The minimum atomic E-state index is -1.59. The van der Waals surface area contributed by atoms with E-state index in [9.17, 15) is 9.90 Å². The van der Waals surface area contributed by atoms with Gasteiger partial charge < -0.3 is 20.1 Å². The van der Waals surface area contributed by atoms with Gasteiger partial charge in [0, 0.05) is 34.6 Å². The van der Waals surface area contributed by atoms with E-state index in [2.05, 4.69) is 62.4 Å². The molecule has 3 atom stereocenters. The third kappa shape index (κ3) is 6.66. The second-order valence-electron chi connectivity index (χ2n) is 12.3. The third-order valence-corrected chi connectivity index (χ3v) is 9.70. The Morgan fingerprint density at radius 2 is 1.95 bits per heavy atom. The van der Waals surface area contributed by atoms with Crippen LogP contribution in [0.2, 0.25) is 0 Å². The highest BCUT2D eigenvalue weighted by Gasteiger charge is 2.54. The number of hydrogen-bond acceptors (Lipinski definition) is 6. The highest BCUT2D eigenvalue weighted by molar-refractivity contribution is 7.13. The Morgan fingerprint density at radius 1 is 1.17 bits per heavy atom. The van der Waals surface area contributed by atoms with Crippen molar-refractivity contribution in [2.45, 2.75) is 63.5 Å². The monoisotopic (exact) mass is 587 g/mol. The lowest BCUT2D eigenvalue weighted by atomic mass is 9.71. The minimum Gasteiger partial charge on any atom is -0.471 e. The zero-order chi connectivity index (χ0) is 29.7. The first-order valence-corrected chi connectivity index (χ1v) is 15.9. The molecular formula is C34H43N4O3S+. The van der Waals surface area contributed by atoms with Gasteiger partial charge in [0.25, 0.3) is 5.91 Å². The first-order valence-electron chi connectivity index (χ1n) is 15.0. The molecule has 0 aliphatic heterocycles. The highest BCUT2D eigenvalue weighted by atomic mass is 32.1. The number of thiazole rings is 1. The Balaban J connectivity index is 1.24. The van der Waals surface area contributed by atoms with Gasteiger partial charge in [-0.1, -0.05) is 55.8 Å². The van der Waals surface area contributed by atoms with Crippen molar-refractivity contribution in [2.75, 3.05) is 27.2 Å². The number of fused-ring (bicyclic) bond motifs is 1. The van der Waals surface area contributed by atoms with E-state index in [4.69, 9.17) is 15.5 Å². The molecule has 5 rings (SSSR count). The second kappa shape index (κ2) is 12.9. The van der Waals surface area contributed by atoms with Crippen molar-refractivity contribution < 1.29 is 19.1 Å². The molecular weight excluding hydrogens is 544 g/mol. The van der Waals surface area contributed by atoms with Gasteiger partial charge in [-0.25, -0.2) is 9.97 Å². The van der Waals surface area contributed by atoms with Crippen LogP contribution in [0.25, 0.3) is 21.3 Å². The van der Waals surface area contributed by atoms with E-state index in [1.165, 1.54) is 5.56 Å². The van der Waals surface area contributed by atoms with E-state index >= 15 is 0 Å². The third-order valence-electron chi connectivity index (χ3n) is 8.88. The van der Waals surface area contributed by atoms with Gasteiger partial charge in [0.15, 0.2) is 5.60 Å². The van der Waals surface area contributed by atoms with Gasteiger partial charge in [-0.3, -0.25) is 4.79 Å². The number of aryl methyl sites for hydroxylation is 1. The average molecular weight is 588 g/mol. The quantitative estimate of drug-likeness (QED) is 0.205. The largest absolute Gasteiger partial charge is 0.471 e. The number of quaternary nitrogens is 1. The van der Waals surface area contributed by atoms with E-state index in [-0.39, 0.29) is 12.0 Å². The lowest BCUT2D eigenvalue weighted by Crippen LogP contribution is -2.68. The Kier molecular flexibility index (Phi) is 9.25. The fourth-order valence-electron chi connectivity index (χ4n) is 6.51. The molecule has 7 nitrogen and oxygen atoms in total. The number of nitrogens with two attached hydrogens (primary N) is 1. The molecule has 42 heavy (non-hydrogen) atoms. The van der Waals surface area contributed by atoms with Crippen LogP contribution in [-0.2, 0) is 17.6 Å². The van der Waals surface area contributed by atoms with Crippen LogP contribution in [0.3, 0.4) is 0 Å². The number of nitrogens with zero attached hydrogens (tertiary/aromatic N) is 3. The maximum Gasteiger partial charge on any atom is 0.255 e. The number of primary amides is 1. The standard InChI is InChI=1S/C34H42N4O3S/c1-4-5-9-28-22-27-8-6-7-10-29(27)31(37-28)41-19-18-38(2,3)30-16-13-25(23-34(30,40)33(35)39)21-24-11-14-26(15-12-24)32-36-17-20-42-32/h6-8,10-12,14-15,17,20,22,25,30,40H,4-5,9,13,16,18-19,21,23H2,1-3H3,(H-,35,39)/p+1/t25?,30-,34-/m0/s1. The minimum absolute atomic E-state index is 0.169. The molecule has 0 spiro atoms. The molecule has 0 saturated heterocycles. The molecule has 222 valence electrons. The van der Waals surface area contributed by atoms with E-state index < -0.39 is 11.5 Å². The number of carbonyl (C=O) groups is 1. The van der Waals surface area contributed by atoms with Gasteiger partial charge in [0.05, 0.1) is 14.1 Å². The molecule has 0 bridgehead atoms. The van der Waals surface area contributed by atoms with Gasteiger partial charge in [-0.2, -0.15) is 0 Å². The lowest BCUT2D eigenvalue weighted by molar-refractivity contribution is -0.922. The summed E-state index contributed by atoms with van der Waals surface area (Å²) in [6.45, 7) is 3.21. The van der Waals surface area contributed by atoms with Crippen LogP contribution in [0.15, 0.2) is 66.2 Å². The zero-order valence-electron chi connectivity index (χ0n) is 25.0. The van der Waals surface area contributed by atoms with Gasteiger partial charge in [0.2, 0.25) is 5.88 Å². The number of rotatable bonds is 12. The maximum atomic E-state index is 12.8. The zero-order valence-corrected chi connectivity index (χ0v) is 25.8. The maximum absolute atomic E-state index is 12.8. The van der Waals surface area contributed by atoms with Crippen molar-refractivity contribution >= 4 is 28.0 Å². The van der Waals surface area contributed by atoms with E-state index in [0.29, 0.717) is 36.4 Å². The van der Waals surface area contributed by atoms with Crippen molar-refractivity contribution in [3.8, 4) is 16.5 Å². The SMILES string of the molecule is CCCCc1cc2ccccc2c(OCC[N+](C)(C)[C@H]2CCC(Cc3ccc(-c4nccs4)cc3)C[C@@]2(O)C(N)=O)n1. The van der Waals surface area contributed by atoms with E-state index in [1.807, 2.05) is 29.8 Å². The number of pyridine rings is 1. The van der Waals surface area contributed by atoms with Crippen molar-refractivity contribution in [1.29, 1.82) is 0 Å². The van der Waals surface area contributed by atoms with Gasteiger partial charge >= 0.3 is 0 Å². The lowest BCUT2D eigenvalue weighted by Gasteiger charge is -2.49. The summed E-state index contributed by atoms with van der Waals surface area (Å²) < 4.78 is 6.74. The Morgan fingerprint density at radius 3 is 2.67 bits per heavy atom. The summed E-state index contributed by atoms with van der Waals surface area (Å²) in [5.74, 6) is 0.177. The molecule has 2 heterocycles. The fraction of sp³-hybridized carbons (Fsp3) is 0.441. The molecule has 2 aromatic carbocycles. The van der Waals surface area contributed by atoms with E-state index in [0.717, 1.165) is 59.1 Å². The Hall–Kier alpha value is -3.33. The topological polar surface area (TPSA) is 98.3 Å². The molecule has 2 aromatic heterocycles. The molecule has 4 aromatic rings. The summed E-state index contributed by atoms with van der Waals surface area (Å²) in [5, 5.41) is 16.9. The summed E-state index contributed by atoms with van der Waals surface area (Å²) in [4.78, 5) is 22.0. The summed E-state index contributed by atoms with van der Waals surface area (Å²) in [6.07, 6.45) is 7.71. The molecule has 1 aliphatic rings. The molecule has 1 fully saturated rings. The second-order valence-corrected chi connectivity index (χ2v) is 13.2. The summed E-state index contributed by atoms with van der Waals surface area (Å²) >= 11 is 1.62. The first-order chi connectivity index (χ1) is 20.2. The van der Waals surface area contributed by atoms with Crippen molar-refractivity contribution in [3.63, 3.8) is 0 Å². The number of carbonyl (C=O) groups excluding carboxylic acids is 1. The number of aromatic nitrogens is 2. The Bertz CT molecular complexity index is 1490. The van der Waals surface area contributed by atoms with Crippen molar-refractivity contribution in [1.82, 2.24) is 9.97 Å². The normalized spacial score (nSPS) is 21.0. The summed E-state index contributed by atoms with van der Waals surface area (Å²) in [6, 6.07) is 18.5. The van der Waals surface area contributed by atoms with Crippen LogP contribution in [-0.4, -0.2) is 64.4 Å². The number of amides is 1. The first kappa shape index (κ1) is 30.1. The smallest absolute Gasteiger partial charge is 0.255 e. The van der Waals surface area contributed by atoms with Crippen LogP contribution < -0.4 is 10.5 Å². The number of unbranched alkanes of at least 4 members (excludes halogenated alkanes) is 1. The van der Waals surface area contributed by atoms with Crippen molar-refractivity contribution in [2.24, 2.45) is 11.7 Å². The van der Waals surface area contributed by atoms with Crippen LogP contribution in [0, 0.1) is 5.92 Å². The highest BCUT2D eigenvalue weighted by Crippen LogP contribution is 2.39. The molecule has 1 aliphatic carbocycles.